The van der Waals surface area contributed by atoms with E-state index in [-0.39, 0.29) is 0 Å². The molecular formula is C8H12ClNO5S. The third-order valence-corrected chi connectivity index (χ3v) is 2.72. The molecule has 16 heavy (non-hydrogen) atoms. The van der Waals surface area contributed by atoms with E-state index in [1.54, 1.807) is 24.3 Å². The van der Waals surface area contributed by atoms with Crippen LogP contribution in [0.3, 0.4) is 0 Å². The first kappa shape index (κ1) is 15.3. The Bertz CT molecular complexity index is 400. The van der Waals surface area contributed by atoms with Crippen LogP contribution in [0.25, 0.3) is 0 Å². The van der Waals surface area contributed by atoms with Crippen LogP contribution in [-0.2, 0) is 16.4 Å². The van der Waals surface area contributed by atoms with Crippen molar-refractivity contribution in [2.24, 2.45) is 5.73 Å². The van der Waals surface area contributed by atoms with Crippen molar-refractivity contribution in [3.8, 4) is 0 Å². The maximum Gasteiger partial charge on any atom is 0.282 e. The Morgan fingerprint density at radius 3 is 1.94 bits per heavy atom. The lowest BCUT2D eigenvalue weighted by Crippen LogP contribution is -2.30. The lowest BCUT2D eigenvalue weighted by Gasteiger charge is -1.99. The summed E-state index contributed by atoms with van der Waals surface area (Å²) in [5.41, 5.74) is 6.29. The molecular weight excluding hydrogens is 258 g/mol. The first-order chi connectivity index (χ1) is 7.27. The van der Waals surface area contributed by atoms with Crippen LogP contribution >= 0.6 is 0 Å². The van der Waals surface area contributed by atoms with Gasteiger partial charge in [-0.2, -0.15) is 0 Å². The summed E-state index contributed by atoms with van der Waals surface area (Å²) in [5, 5.41) is 0. The van der Waals surface area contributed by atoms with Crippen LogP contribution < -0.4 is 15.1 Å². The predicted molar refractivity (Wildman–Crippen MR) is 49.7 cm³/mol. The molecule has 3 N–H and O–H groups in total. The average Bonchev–Trinajstić information content (AvgIpc) is 2.16. The molecule has 0 bridgehead atoms. The maximum atomic E-state index is 11.0. The molecule has 0 aliphatic rings. The van der Waals surface area contributed by atoms with Crippen LogP contribution in [0.2, 0.25) is 0 Å². The molecule has 0 heterocycles. The number of hydrogen-bond donors (Lipinski definition) is 2. The van der Waals surface area contributed by atoms with Gasteiger partial charge >= 0.3 is 0 Å². The van der Waals surface area contributed by atoms with Crippen molar-refractivity contribution in [2.45, 2.75) is 11.4 Å². The van der Waals surface area contributed by atoms with Gasteiger partial charge in [0.1, 0.15) is 0 Å². The van der Waals surface area contributed by atoms with Gasteiger partial charge in [0.2, 0.25) is 0 Å². The molecule has 0 saturated heterocycles. The van der Waals surface area contributed by atoms with Crippen LogP contribution in [0.1, 0.15) is 5.56 Å². The molecule has 0 fully saturated rings. The summed E-state index contributed by atoms with van der Waals surface area (Å²) < 4.78 is 46.0. The van der Waals surface area contributed by atoms with Crippen LogP contribution in [0.15, 0.2) is 29.2 Å². The topological polar surface area (TPSA) is 127 Å². The molecule has 0 aliphatic heterocycles. The van der Waals surface area contributed by atoms with E-state index in [0.29, 0.717) is 11.4 Å². The van der Waals surface area contributed by atoms with Gasteiger partial charge in [-0.25, -0.2) is 8.42 Å². The van der Waals surface area contributed by atoms with Gasteiger partial charge in [0.25, 0.3) is 10.8 Å². The first-order valence-corrected chi connectivity index (χ1v) is 6.85. The van der Waals surface area contributed by atoms with E-state index < -0.39 is 20.6 Å². The molecule has 1 aromatic rings. The maximum absolute atomic E-state index is 11.0. The van der Waals surface area contributed by atoms with Gasteiger partial charge in [-0.1, -0.05) is 12.1 Å². The van der Waals surface area contributed by atoms with Crippen LogP contribution in [0.5, 0.6) is 0 Å². The summed E-state index contributed by atoms with van der Waals surface area (Å²) in [6, 6.07) is 6.57. The fourth-order valence-corrected chi connectivity index (χ4v) is 1.50. The first-order valence-electron chi connectivity index (χ1n) is 4.01. The standard InChI is InChI=1S/C8H11NO2S.ClHO3/c1-12(10,11)8-4-2-7(6-9)3-5-8;2-1(3)4/h2-5H,6,9H2,1H3;2H. The highest BCUT2D eigenvalue weighted by Crippen LogP contribution is 2.09. The van der Waals surface area contributed by atoms with Crippen LogP contribution in [0.4, 0.5) is 0 Å². The van der Waals surface area contributed by atoms with Gasteiger partial charge in [0, 0.05) is 17.5 Å². The molecule has 0 unspecified atom stereocenters. The average molecular weight is 270 g/mol. The van der Waals surface area contributed by atoms with Crippen molar-refractivity contribution in [3.63, 3.8) is 0 Å². The number of benzene rings is 1. The van der Waals surface area contributed by atoms with Crippen molar-refractivity contribution in [2.75, 3.05) is 6.26 Å². The van der Waals surface area contributed by atoms with Gasteiger partial charge in [-0.05, 0) is 17.7 Å². The van der Waals surface area contributed by atoms with Crippen molar-refractivity contribution < 1.29 is 33.2 Å². The minimum Gasteiger partial charge on any atom is -0.326 e. The van der Waals surface area contributed by atoms with Gasteiger partial charge in [0.15, 0.2) is 9.84 Å². The van der Waals surface area contributed by atoms with Crippen molar-refractivity contribution >= 4 is 9.84 Å². The minimum absolute atomic E-state index is 0.333. The molecule has 1 rings (SSSR count). The van der Waals surface area contributed by atoms with Crippen molar-refractivity contribution in [1.82, 2.24) is 0 Å². The second-order valence-corrected chi connectivity index (χ2v) is 5.24. The second kappa shape index (κ2) is 6.79. The largest absolute Gasteiger partial charge is 0.326 e. The van der Waals surface area contributed by atoms with Gasteiger partial charge in [-0.3, -0.25) is 0 Å². The normalized spacial score (nSPS) is 10.9. The number of rotatable bonds is 2. The highest BCUT2D eigenvalue weighted by Gasteiger charge is 2.04. The highest BCUT2D eigenvalue weighted by atomic mass is 35.6. The summed E-state index contributed by atoms with van der Waals surface area (Å²) in [4.78, 5) is 0.333. The Morgan fingerprint density at radius 1 is 1.31 bits per heavy atom. The summed E-state index contributed by atoms with van der Waals surface area (Å²) in [6.07, 6.45) is 1.18. The SMILES string of the molecule is CS(=O)(=O)c1ccc(CN)cc1.[O-][Cl+2]([O-])O. The quantitative estimate of drug-likeness (QED) is 0.617. The van der Waals surface area contributed by atoms with Crippen LogP contribution in [0, 0.1) is 10.8 Å². The molecule has 0 amide bonds. The zero-order chi connectivity index (χ0) is 12.8. The van der Waals surface area contributed by atoms with E-state index in [9.17, 15) is 8.42 Å². The lowest BCUT2D eigenvalue weighted by atomic mass is 10.2. The number of nitrogens with two attached hydrogens (primary N) is 1. The molecule has 0 aliphatic carbocycles. The zero-order valence-corrected chi connectivity index (χ0v) is 10.0. The predicted octanol–water partition coefficient (Wildman–Crippen LogP) is -2.39. The van der Waals surface area contributed by atoms with E-state index >= 15 is 0 Å². The third kappa shape index (κ3) is 6.72. The zero-order valence-electron chi connectivity index (χ0n) is 8.46. The van der Waals surface area contributed by atoms with Crippen molar-refractivity contribution in [3.05, 3.63) is 29.8 Å². The molecule has 0 atom stereocenters. The van der Waals surface area contributed by atoms with E-state index in [2.05, 4.69) is 0 Å². The molecule has 92 valence electrons. The van der Waals surface area contributed by atoms with E-state index in [1.165, 1.54) is 6.26 Å². The molecule has 0 radical (unpaired) electrons. The lowest BCUT2D eigenvalue weighted by molar-refractivity contribution is -1.63. The molecule has 8 heteroatoms. The summed E-state index contributed by atoms with van der Waals surface area (Å²) in [6.45, 7) is 0.435. The number of halogens is 1. The Morgan fingerprint density at radius 2 is 1.69 bits per heavy atom. The Balaban J connectivity index is 0.000000487. The Kier molecular flexibility index (Phi) is 6.49. The molecule has 6 nitrogen and oxygen atoms in total. The molecule has 1 aromatic carbocycles. The van der Waals surface area contributed by atoms with E-state index in [1.807, 2.05) is 0 Å². The minimum atomic E-state index is -3.07. The third-order valence-electron chi connectivity index (χ3n) is 1.59. The molecule has 0 spiro atoms. The van der Waals surface area contributed by atoms with Gasteiger partial charge in [-0.15, -0.1) is 0 Å². The smallest absolute Gasteiger partial charge is 0.282 e. The Hall–Kier alpha value is -0.700. The highest BCUT2D eigenvalue weighted by molar-refractivity contribution is 7.90. The van der Waals surface area contributed by atoms with Gasteiger partial charge in [0.05, 0.1) is 4.90 Å². The summed E-state index contributed by atoms with van der Waals surface area (Å²) in [5.74, 6) is 0. The summed E-state index contributed by atoms with van der Waals surface area (Å²) in [7, 11) is -5.67. The van der Waals surface area contributed by atoms with E-state index in [0.717, 1.165) is 5.56 Å². The van der Waals surface area contributed by atoms with E-state index in [4.69, 9.17) is 19.7 Å². The fraction of sp³-hybridized carbons (Fsp3) is 0.250. The Labute approximate surface area is 96.6 Å². The van der Waals surface area contributed by atoms with Crippen molar-refractivity contribution in [1.29, 1.82) is 0 Å². The number of hydrogen-bond acceptors (Lipinski definition) is 6. The second-order valence-electron chi connectivity index (χ2n) is 2.82. The summed E-state index contributed by atoms with van der Waals surface area (Å²) >= 11 is 0. The van der Waals surface area contributed by atoms with Crippen LogP contribution in [-0.4, -0.2) is 19.3 Å². The fourth-order valence-electron chi connectivity index (χ4n) is 0.873. The monoisotopic (exact) mass is 269 g/mol. The van der Waals surface area contributed by atoms with Gasteiger partial charge < -0.3 is 15.1 Å². The number of sulfone groups is 1. The molecule has 0 saturated carbocycles. The molecule has 0 aromatic heterocycles.